The van der Waals surface area contributed by atoms with E-state index >= 15 is 0 Å². The standard InChI is InChI=1S/C26H30N2O6S2/c1-7-15-28-26(34-36(32,33)20-11-9-8-10-12-20)22(16-27-28)25(29)21-13-14-23(35(6,30)31)24(19(21)5)18(4)17(2)3/h8-14,16H,7,15H2,1-6H3. The van der Waals surface area contributed by atoms with Gasteiger partial charge in [0.25, 0.3) is 0 Å². The van der Waals surface area contributed by atoms with Crippen LogP contribution in [0.25, 0.3) is 5.57 Å². The third kappa shape index (κ3) is 5.44. The lowest BCUT2D eigenvalue weighted by molar-refractivity contribution is 0.103. The first kappa shape index (κ1) is 27.3. The molecule has 0 atom stereocenters. The Kier molecular flexibility index (Phi) is 7.90. The Morgan fingerprint density at radius 2 is 1.61 bits per heavy atom. The van der Waals surface area contributed by atoms with Crippen LogP contribution in [0.15, 0.2) is 64.0 Å². The van der Waals surface area contributed by atoms with E-state index in [0.717, 1.165) is 17.4 Å². The van der Waals surface area contributed by atoms with E-state index in [-0.39, 0.29) is 26.8 Å². The van der Waals surface area contributed by atoms with Gasteiger partial charge in [0.1, 0.15) is 10.5 Å². The number of hydrogen-bond acceptors (Lipinski definition) is 7. The molecular weight excluding hydrogens is 500 g/mol. The summed E-state index contributed by atoms with van der Waals surface area (Å²) in [7, 11) is -7.80. The largest absolute Gasteiger partial charge is 0.358 e. The molecule has 0 fully saturated rings. The Morgan fingerprint density at radius 3 is 2.17 bits per heavy atom. The van der Waals surface area contributed by atoms with Gasteiger partial charge in [-0.15, -0.1) is 0 Å². The maximum atomic E-state index is 13.7. The van der Waals surface area contributed by atoms with Crippen molar-refractivity contribution in [2.45, 2.75) is 57.4 Å². The molecule has 0 amide bonds. The molecule has 0 saturated heterocycles. The molecule has 3 rings (SSSR count). The molecule has 1 heterocycles. The summed E-state index contributed by atoms with van der Waals surface area (Å²) in [5, 5.41) is 4.20. The second-order valence-electron chi connectivity index (χ2n) is 8.77. The van der Waals surface area contributed by atoms with E-state index in [1.165, 1.54) is 35.1 Å². The van der Waals surface area contributed by atoms with Gasteiger partial charge < -0.3 is 4.18 Å². The average molecular weight is 531 g/mol. The number of aromatic nitrogens is 2. The number of aryl methyl sites for hydroxylation is 1. The molecule has 0 saturated carbocycles. The molecule has 0 N–H and O–H groups in total. The summed E-state index contributed by atoms with van der Waals surface area (Å²) >= 11 is 0. The minimum absolute atomic E-state index is 0.0287. The van der Waals surface area contributed by atoms with Crippen LogP contribution in [0.1, 0.15) is 61.2 Å². The molecule has 2 aromatic carbocycles. The van der Waals surface area contributed by atoms with Crippen molar-refractivity contribution in [1.29, 1.82) is 0 Å². The third-order valence-corrected chi connectivity index (χ3v) is 8.25. The molecule has 0 aliphatic carbocycles. The third-order valence-electron chi connectivity index (χ3n) is 5.89. The Hall–Kier alpha value is -3.24. The summed E-state index contributed by atoms with van der Waals surface area (Å²) < 4.78 is 57.7. The lowest BCUT2D eigenvalue weighted by Gasteiger charge is -2.17. The van der Waals surface area contributed by atoms with Crippen molar-refractivity contribution in [3.05, 3.63) is 76.5 Å². The van der Waals surface area contributed by atoms with E-state index < -0.39 is 25.7 Å². The molecule has 192 valence electrons. The minimum atomic E-state index is -4.23. The van der Waals surface area contributed by atoms with Crippen LogP contribution in [0.5, 0.6) is 5.88 Å². The van der Waals surface area contributed by atoms with Gasteiger partial charge in [-0.05, 0) is 75.1 Å². The number of benzene rings is 2. The van der Waals surface area contributed by atoms with E-state index in [9.17, 15) is 21.6 Å². The monoisotopic (exact) mass is 530 g/mol. The minimum Gasteiger partial charge on any atom is -0.358 e. The molecule has 36 heavy (non-hydrogen) atoms. The number of ketones is 1. The topological polar surface area (TPSA) is 112 Å². The predicted molar refractivity (Wildman–Crippen MR) is 138 cm³/mol. The van der Waals surface area contributed by atoms with Gasteiger partial charge in [-0.25, -0.2) is 13.1 Å². The van der Waals surface area contributed by atoms with Crippen molar-refractivity contribution in [3.63, 3.8) is 0 Å². The highest BCUT2D eigenvalue weighted by molar-refractivity contribution is 7.90. The Labute approximate surface area is 212 Å². The maximum Gasteiger partial charge on any atom is 0.340 e. The summed E-state index contributed by atoms with van der Waals surface area (Å²) in [5.41, 5.74) is 2.79. The summed E-state index contributed by atoms with van der Waals surface area (Å²) in [6.07, 6.45) is 3.04. The molecule has 0 unspecified atom stereocenters. The summed E-state index contributed by atoms with van der Waals surface area (Å²) in [6, 6.07) is 10.5. The van der Waals surface area contributed by atoms with E-state index in [1.54, 1.807) is 32.0 Å². The molecule has 1 aromatic heterocycles. The Morgan fingerprint density at radius 1 is 0.972 bits per heavy atom. The van der Waals surface area contributed by atoms with E-state index in [1.807, 2.05) is 20.8 Å². The second kappa shape index (κ2) is 10.4. The van der Waals surface area contributed by atoms with Gasteiger partial charge in [0.05, 0.1) is 11.1 Å². The summed E-state index contributed by atoms with van der Waals surface area (Å²) in [4.78, 5) is 13.8. The molecule has 0 bridgehead atoms. The first-order valence-electron chi connectivity index (χ1n) is 11.4. The van der Waals surface area contributed by atoms with Gasteiger partial charge in [0.15, 0.2) is 15.6 Å². The van der Waals surface area contributed by atoms with Crippen molar-refractivity contribution in [2.75, 3.05) is 6.26 Å². The number of nitrogens with zero attached hydrogens (tertiary/aromatic N) is 2. The van der Waals surface area contributed by atoms with Crippen LogP contribution in [0, 0.1) is 6.92 Å². The first-order chi connectivity index (χ1) is 16.8. The summed E-state index contributed by atoms with van der Waals surface area (Å²) in [6.45, 7) is 9.44. The lowest BCUT2D eigenvalue weighted by atomic mass is 9.91. The highest BCUT2D eigenvalue weighted by atomic mass is 32.2. The molecule has 0 aliphatic heterocycles. The van der Waals surface area contributed by atoms with Crippen molar-refractivity contribution < 1.29 is 25.8 Å². The number of allylic oxidation sites excluding steroid dienone is 2. The quantitative estimate of drug-likeness (QED) is 0.288. The number of hydrogen-bond donors (Lipinski definition) is 0. The number of rotatable bonds is 9. The van der Waals surface area contributed by atoms with Crippen LogP contribution in [-0.4, -0.2) is 38.7 Å². The smallest absolute Gasteiger partial charge is 0.340 e. The summed E-state index contributed by atoms with van der Waals surface area (Å²) in [5.74, 6) is -0.700. The zero-order valence-electron chi connectivity index (χ0n) is 21.2. The van der Waals surface area contributed by atoms with Gasteiger partial charge in [-0.3, -0.25) is 4.79 Å². The average Bonchev–Trinajstić information content (AvgIpc) is 3.19. The van der Waals surface area contributed by atoms with Crippen molar-refractivity contribution in [2.24, 2.45) is 0 Å². The zero-order chi connectivity index (χ0) is 26.8. The fourth-order valence-electron chi connectivity index (χ4n) is 3.83. The Balaban J connectivity index is 2.20. The van der Waals surface area contributed by atoms with Crippen LogP contribution in [0.2, 0.25) is 0 Å². The van der Waals surface area contributed by atoms with Gasteiger partial charge in [0.2, 0.25) is 5.88 Å². The number of carbonyl (C=O) groups is 1. The SMILES string of the molecule is CCCn1ncc(C(=O)c2ccc(S(C)(=O)=O)c(C(C)=C(C)C)c2C)c1OS(=O)(=O)c1ccccc1. The van der Waals surface area contributed by atoms with Crippen molar-refractivity contribution in [1.82, 2.24) is 9.78 Å². The molecule has 3 aromatic rings. The van der Waals surface area contributed by atoms with Crippen molar-refractivity contribution >= 4 is 31.3 Å². The normalized spacial score (nSPS) is 11.8. The van der Waals surface area contributed by atoms with Crippen LogP contribution in [0.3, 0.4) is 0 Å². The van der Waals surface area contributed by atoms with Crippen LogP contribution < -0.4 is 4.18 Å². The molecule has 10 heteroatoms. The first-order valence-corrected chi connectivity index (χ1v) is 14.7. The van der Waals surface area contributed by atoms with Crippen LogP contribution in [0.4, 0.5) is 0 Å². The molecule has 0 aliphatic rings. The van der Waals surface area contributed by atoms with E-state index in [4.69, 9.17) is 4.18 Å². The maximum absolute atomic E-state index is 13.7. The van der Waals surface area contributed by atoms with Crippen molar-refractivity contribution in [3.8, 4) is 5.88 Å². The van der Waals surface area contributed by atoms with Gasteiger partial charge in [0, 0.05) is 18.4 Å². The molecule has 8 nitrogen and oxygen atoms in total. The zero-order valence-corrected chi connectivity index (χ0v) is 22.8. The Bertz CT molecular complexity index is 1550. The van der Waals surface area contributed by atoms with Gasteiger partial charge in [-0.2, -0.15) is 13.5 Å². The second-order valence-corrected chi connectivity index (χ2v) is 12.3. The van der Waals surface area contributed by atoms with Gasteiger partial charge >= 0.3 is 10.1 Å². The molecule has 0 spiro atoms. The van der Waals surface area contributed by atoms with E-state index in [2.05, 4.69) is 5.10 Å². The number of sulfone groups is 1. The highest BCUT2D eigenvalue weighted by Gasteiger charge is 2.29. The van der Waals surface area contributed by atoms with E-state index in [0.29, 0.717) is 24.1 Å². The van der Waals surface area contributed by atoms with Crippen LogP contribution in [-0.2, 0) is 26.5 Å². The van der Waals surface area contributed by atoms with Gasteiger partial charge in [-0.1, -0.05) is 30.7 Å². The fourth-order valence-corrected chi connectivity index (χ4v) is 5.79. The lowest BCUT2D eigenvalue weighted by Crippen LogP contribution is -2.16. The van der Waals surface area contributed by atoms with Crippen LogP contribution >= 0.6 is 0 Å². The fraction of sp³-hybridized carbons (Fsp3) is 0.308. The molecule has 0 radical (unpaired) electrons. The number of carbonyl (C=O) groups excluding carboxylic acids is 1. The molecular formula is C26H30N2O6S2. The highest BCUT2D eigenvalue weighted by Crippen LogP contribution is 2.33. The predicted octanol–water partition coefficient (Wildman–Crippen LogP) is 4.82.